The maximum Gasteiger partial charge on any atom is 0.408 e. The Balaban J connectivity index is 1.45. The summed E-state index contributed by atoms with van der Waals surface area (Å²) < 4.78 is 5.37. The molecule has 2 fully saturated rings. The fourth-order valence-electron chi connectivity index (χ4n) is 6.24. The molecule has 1 saturated heterocycles. The number of amides is 5. The van der Waals surface area contributed by atoms with Crippen LogP contribution in [0.1, 0.15) is 75.8 Å². The average Bonchev–Trinajstić information content (AvgIpc) is 3.51. The minimum Gasteiger partial charge on any atom is -0.445 e. The number of rotatable bonds is 16. The fraction of sp³-hybridized carbons (Fsp3) is 0.528. The van der Waals surface area contributed by atoms with Crippen LogP contribution in [0.25, 0.3) is 0 Å². The van der Waals surface area contributed by atoms with Gasteiger partial charge < -0.3 is 36.4 Å². The summed E-state index contributed by atoms with van der Waals surface area (Å²) in [7, 11) is 0. The molecule has 48 heavy (non-hydrogen) atoms. The number of hydrogen-bond donors (Lipinski definition) is 6. The average molecular weight is 664 g/mol. The van der Waals surface area contributed by atoms with E-state index in [9.17, 15) is 29.1 Å². The monoisotopic (exact) mass is 663 g/mol. The zero-order chi connectivity index (χ0) is 34.3. The van der Waals surface area contributed by atoms with Crippen molar-refractivity contribution in [2.45, 2.75) is 108 Å². The van der Waals surface area contributed by atoms with Gasteiger partial charge in [-0.15, -0.1) is 0 Å². The molecule has 2 aromatic carbocycles. The number of aliphatic hydroxyl groups is 1. The van der Waals surface area contributed by atoms with Crippen LogP contribution in [-0.4, -0.2) is 71.6 Å². The summed E-state index contributed by atoms with van der Waals surface area (Å²) in [6, 6.07) is 15.1. The van der Waals surface area contributed by atoms with E-state index in [2.05, 4.69) is 26.6 Å². The molecule has 12 heteroatoms. The SMILES string of the molecule is CCC[C@H](NC(=O)[C@@H](Cc1ccccc1)NC(=O)OCc1ccccc1)C(=O)N[C@@H](C[C@@H]1CCNC1=O)C(O)C(=O)NC1CCCCC1. The van der Waals surface area contributed by atoms with Gasteiger partial charge in [-0.1, -0.05) is 93.3 Å². The van der Waals surface area contributed by atoms with Crippen molar-refractivity contribution in [2.24, 2.45) is 5.92 Å². The molecule has 5 atom stereocenters. The Bertz CT molecular complexity index is 1350. The van der Waals surface area contributed by atoms with E-state index in [0.717, 1.165) is 43.2 Å². The Kier molecular flexibility index (Phi) is 14.2. The maximum atomic E-state index is 13.7. The lowest BCUT2D eigenvalue weighted by atomic mass is 9.92. The number of aliphatic hydroxyl groups excluding tert-OH is 1. The van der Waals surface area contributed by atoms with E-state index in [1.54, 1.807) is 0 Å². The van der Waals surface area contributed by atoms with Crippen LogP contribution < -0.4 is 26.6 Å². The second-order valence-electron chi connectivity index (χ2n) is 12.7. The molecule has 4 rings (SSSR count). The predicted octanol–water partition coefficient (Wildman–Crippen LogP) is 2.63. The maximum absolute atomic E-state index is 13.7. The molecule has 1 aliphatic carbocycles. The highest BCUT2D eigenvalue weighted by Gasteiger charge is 2.37. The predicted molar refractivity (Wildman–Crippen MR) is 179 cm³/mol. The molecule has 2 aromatic rings. The molecule has 0 radical (unpaired) electrons. The molecule has 5 amide bonds. The van der Waals surface area contributed by atoms with Crippen molar-refractivity contribution in [3.63, 3.8) is 0 Å². The van der Waals surface area contributed by atoms with Gasteiger partial charge in [-0.05, 0) is 43.2 Å². The topological polar surface area (TPSA) is 175 Å². The Morgan fingerprint density at radius 3 is 2.10 bits per heavy atom. The van der Waals surface area contributed by atoms with E-state index in [1.807, 2.05) is 67.6 Å². The largest absolute Gasteiger partial charge is 0.445 e. The van der Waals surface area contributed by atoms with Crippen LogP contribution in [0.3, 0.4) is 0 Å². The highest BCUT2D eigenvalue weighted by Crippen LogP contribution is 2.20. The van der Waals surface area contributed by atoms with E-state index in [4.69, 9.17) is 4.74 Å². The summed E-state index contributed by atoms with van der Waals surface area (Å²) in [5.41, 5.74) is 1.58. The standard InChI is InChI=1S/C36H49N5O7/c1-2-12-28(33(44)40-29(22-26-19-20-37-32(26)43)31(42)35(46)38-27-17-10-5-11-18-27)39-34(45)30(21-24-13-6-3-7-14-24)41-36(47)48-23-25-15-8-4-9-16-25/h3-4,6-9,13-16,26-31,42H,2,5,10-12,17-23H2,1H3,(H,37,43)(H,38,46)(H,39,45)(H,40,44)(H,41,47)/t26-,28-,29-,30+,31?/m0/s1. The lowest BCUT2D eigenvalue weighted by Gasteiger charge is -2.30. The van der Waals surface area contributed by atoms with Crippen molar-refractivity contribution in [2.75, 3.05) is 6.54 Å². The van der Waals surface area contributed by atoms with Gasteiger partial charge in [-0.25, -0.2) is 4.79 Å². The molecule has 1 unspecified atom stereocenters. The summed E-state index contributed by atoms with van der Waals surface area (Å²) in [4.78, 5) is 65.8. The Labute approximate surface area is 282 Å². The third-order valence-corrected chi connectivity index (χ3v) is 8.94. The quantitative estimate of drug-likeness (QED) is 0.160. The van der Waals surface area contributed by atoms with Crippen molar-refractivity contribution in [3.05, 3.63) is 71.8 Å². The van der Waals surface area contributed by atoms with Gasteiger partial charge in [0.25, 0.3) is 5.91 Å². The molecule has 0 bridgehead atoms. The minimum atomic E-state index is -1.59. The third kappa shape index (κ3) is 11.4. The normalized spacial score (nSPS) is 18.8. The molecule has 1 aliphatic heterocycles. The number of alkyl carbamates (subject to hydrolysis) is 1. The van der Waals surface area contributed by atoms with Crippen molar-refractivity contribution >= 4 is 29.7 Å². The van der Waals surface area contributed by atoms with E-state index in [-0.39, 0.29) is 37.8 Å². The lowest BCUT2D eigenvalue weighted by molar-refractivity contribution is -0.136. The van der Waals surface area contributed by atoms with Gasteiger partial charge in [-0.3, -0.25) is 19.2 Å². The molecule has 12 nitrogen and oxygen atoms in total. The summed E-state index contributed by atoms with van der Waals surface area (Å²) in [6.07, 6.45) is 3.88. The van der Waals surface area contributed by atoms with E-state index < -0.39 is 54.0 Å². The number of carbonyl (C=O) groups excluding carboxylic acids is 5. The van der Waals surface area contributed by atoms with Gasteiger partial charge in [0.05, 0.1) is 6.04 Å². The highest BCUT2D eigenvalue weighted by atomic mass is 16.5. The Morgan fingerprint density at radius 2 is 1.48 bits per heavy atom. The van der Waals surface area contributed by atoms with E-state index >= 15 is 0 Å². The van der Waals surface area contributed by atoms with Crippen molar-refractivity contribution in [1.82, 2.24) is 26.6 Å². The van der Waals surface area contributed by atoms with Gasteiger partial charge >= 0.3 is 6.09 Å². The lowest BCUT2D eigenvalue weighted by Crippen LogP contribution is -2.58. The second-order valence-corrected chi connectivity index (χ2v) is 12.7. The van der Waals surface area contributed by atoms with Crippen LogP contribution in [0.5, 0.6) is 0 Å². The molecule has 1 heterocycles. The van der Waals surface area contributed by atoms with Gasteiger partial charge in [0.15, 0.2) is 6.10 Å². The summed E-state index contributed by atoms with van der Waals surface area (Å²) in [5.74, 6) is -2.45. The van der Waals surface area contributed by atoms with Crippen LogP contribution in [-0.2, 0) is 36.9 Å². The smallest absolute Gasteiger partial charge is 0.408 e. The first kappa shape index (κ1) is 36.4. The van der Waals surface area contributed by atoms with E-state index in [0.29, 0.717) is 19.4 Å². The minimum absolute atomic E-state index is 0.0181. The Morgan fingerprint density at radius 1 is 0.833 bits per heavy atom. The molecule has 0 aromatic heterocycles. The summed E-state index contributed by atoms with van der Waals surface area (Å²) >= 11 is 0. The number of nitrogens with one attached hydrogen (secondary N) is 5. The summed E-state index contributed by atoms with van der Waals surface area (Å²) in [5, 5.41) is 25.1. The number of benzene rings is 2. The number of ether oxygens (including phenoxy) is 1. The number of carbonyl (C=O) groups is 5. The van der Waals surface area contributed by atoms with Crippen molar-refractivity contribution in [1.29, 1.82) is 0 Å². The van der Waals surface area contributed by atoms with Crippen LogP contribution in [0.2, 0.25) is 0 Å². The van der Waals surface area contributed by atoms with Gasteiger partial charge in [-0.2, -0.15) is 0 Å². The first-order chi connectivity index (χ1) is 23.2. The van der Waals surface area contributed by atoms with Crippen LogP contribution in [0.15, 0.2) is 60.7 Å². The molecule has 260 valence electrons. The molecule has 0 spiro atoms. The van der Waals surface area contributed by atoms with Crippen molar-refractivity contribution in [3.8, 4) is 0 Å². The number of hydrogen-bond acceptors (Lipinski definition) is 7. The third-order valence-electron chi connectivity index (χ3n) is 8.94. The highest BCUT2D eigenvalue weighted by molar-refractivity contribution is 5.92. The molecular weight excluding hydrogens is 614 g/mol. The van der Waals surface area contributed by atoms with Crippen molar-refractivity contribution < 1.29 is 33.8 Å². The first-order valence-corrected chi connectivity index (χ1v) is 17.1. The van der Waals surface area contributed by atoms with Gasteiger partial charge in [0, 0.05) is 24.9 Å². The van der Waals surface area contributed by atoms with Gasteiger partial charge in [0.1, 0.15) is 18.7 Å². The Hall–Kier alpha value is -4.45. The molecule has 1 saturated carbocycles. The van der Waals surface area contributed by atoms with Crippen LogP contribution in [0.4, 0.5) is 4.79 Å². The van der Waals surface area contributed by atoms with Crippen LogP contribution in [0, 0.1) is 5.92 Å². The van der Waals surface area contributed by atoms with E-state index in [1.165, 1.54) is 0 Å². The zero-order valence-corrected chi connectivity index (χ0v) is 27.6. The van der Waals surface area contributed by atoms with Crippen LogP contribution >= 0.6 is 0 Å². The molecule has 2 aliphatic rings. The zero-order valence-electron chi connectivity index (χ0n) is 27.6. The first-order valence-electron chi connectivity index (χ1n) is 17.1. The molecular formula is C36H49N5O7. The second kappa shape index (κ2) is 18.8. The summed E-state index contributed by atoms with van der Waals surface area (Å²) in [6.45, 7) is 2.36. The fourth-order valence-corrected chi connectivity index (χ4v) is 6.24. The van der Waals surface area contributed by atoms with Gasteiger partial charge in [0.2, 0.25) is 17.7 Å². The molecule has 6 N–H and O–H groups in total.